The molecule has 1 saturated heterocycles. The lowest BCUT2D eigenvalue weighted by Gasteiger charge is -2.29. The third kappa shape index (κ3) is 3.08. The van der Waals surface area contributed by atoms with E-state index in [1.54, 1.807) is 6.92 Å². The number of ether oxygens (including phenoxy) is 1. The van der Waals surface area contributed by atoms with Gasteiger partial charge in [-0.2, -0.15) is 13.7 Å². The molecule has 0 aromatic carbocycles. The minimum atomic E-state index is -3.90. The molecule has 0 amide bonds. The molecule has 1 aromatic heterocycles. The van der Waals surface area contributed by atoms with Crippen molar-refractivity contribution < 1.29 is 17.3 Å². The molecule has 126 valence electrons. The number of aromatic amines is 1. The predicted molar refractivity (Wildman–Crippen MR) is 79.0 cm³/mol. The van der Waals surface area contributed by atoms with Crippen molar-refractivity contribution in [1.29, 1.82) is 5.26 Å². The smallest absolute Gasteiger partial charge is 0.331 e. The number of nitriles is 1. The Morgan fingerprint density at radius 3 is 2.65 bits per heavy atom. The number of nitrogens with zero attached hydrogens (tertiary/aromatic N) is 2. The van der Waals surface area contributed by atoms with Crippen molar-refractivity contribution in [3.8, 4) is 6.07 Å². The van der Waals surface area contributed by atoms with Gasteiger partial charge in [-0.3, -0.25) is 18.5 Å². The van der Waals surface area contributed by atoms with Gasteiger partial charge in [0.05, 0.1) is 12.4 Å². The summed E-state index contributed by atoms with van der Waals surface area (Å²) in [6.07, 6.45) is 0.730. The number of rotatable bonds is 4. The van der Waals surface area contributed by atoms with Crippen molar-refractivity contribution >= 4 is 10.1 Å². The van der Waals surface area contributed by atoms with Crippen molar-refractivity contribution in [3.63, 3.8) is 0 Å². The van der Waals surface area contributed by atoms with E-state index in [0.29, 0.717) is 6.42 Å². The zero-order valence-electron chi connectivity index (χ0n) is 12.8. The quantitative estimate of drug-likeness (QED) is 0.729. The molecule has 10 heteroatoms. The predicted octanol–water partition coefficient (Wildman–Crippen LogP) is -0.497. The van der Waals surface area contributed by atoms with E-state index in [1.165, 1.54) is 0 Å². The molecule has 0 saturated carbocycles. The molecule has 2 rings (SSSR count). The maximum atomic E-state index is 12.1. The summed E-state index contributed by atoms with van der Waals surface area (Å²) in [7, 11) is -3.90. The van der Waals surface area contributed by atoms with Crippen LogP contribution in [0.25, 0.3) is 0 Å². The SMILES string of the molecule is CC[C@H]1O[C@@](C#N)(n2ccc(=O)[nH]c2=O)[C@H](OS(C)(=O)=O)[C@@H]1C. The van der Waals surface area contributed by atoms with E-state index in [0.717, 1.165) is 23.1 Å². The Kier molecular flexibility index (Phi) is 4.48. The molecular formula is C13H17N3O6S. The Morgan fingerprint density at radius 2 is 2.17 bits per heavy atom. The Balaban J connectivity index is 2.67. The van der Waals surface area contributed by atoms with Crippen LogP contribution in [-0.2, 0) is 24.8 Å². The normalized spacial score (nSPS) is 31.0. The molecule has 0 bridgehead atoms. The second-order valence-electron chi connectivity index (χ2n) is 5.43. The molecule has 4 atom stereocenters. The van der Waals surface area contributed by atoms with Crippen LogP contribution in [0.2, 0.25) is 0 Å². The molecule has 23 heavy (non-hydrogen) atoms. The molecule has 0 radical (unpaired) electrons. The first-order valence-corrected chi connectivity index (χ1v) is 8.76. The summed E-state index contributed by atoms with van der Waals surface area (Å²) in [5.74, 6) is -0.465. The van der Waals surface area contributed by atoms with E-state index in [2.05, 4.69) is 0 Å². The van der Waals surface area contributed by atoms with Gasteiger partial charge in [-0.1, -0.05) is 13.8 Å². The molecule has 1 aliphatic heterocycles. The fourth-order valence-electron chi connectivity index (χ4n) is 2.77. The van der Waals surface area contributed by atoms with Gasteiger partial charge in [0, 0.05) is 18.2 Å². The minimum absolute atomic E-state index is 0.465. The van der Waals surface area contributed by atoms with Crippen LogP contribution in [-0.4, -0.2) is 36.4 Å². The van der Waals surface area contributed by atoms with E-state index in [9.17, 15) is 23.3 Å². The highest BCUT2D eigenvalue weighted by molar-refractivity contribution is 7.86. The summed E-state index contributed by atoms with van der Waals surface area (Å²) in [5, 5.41) is 9.66. The molecule has 0 aliphatic carbocycles. The van der Waals surface area contributed by atoms with E-state index in [1.807, 2.05) is 18.0 Å². The maximum absolute atomic E-state index is 12.1. The number of nitrogens with one attached hydrogen (secondary N) is 1. The number of hydrogen-bond donors (Lipinski definition) is 1. The molecule has 1 aliphatic rings. The van der Waals surface area contributed by atoms with Gasteiger partial charge in [0.25, 0.3) is 21.4 Å². The van der Waals surface area contributed by atoms with Crippen LogP contribution < -0.4 is 11.2 Å². The number of hydrogen-bond acceptors (Lipinski definition) is 7. The summed E-state index contributed by atoms with van der Waals surface area (Å²) in [4.78, 5) is 25.3. The van der Waals surface area contributed by atoms with Crippen molar-refractivity contribution in [2.75, 3.05) is 6.26 Å². The highest BCUT2D eigenvalue weighted by atomic mass is 32.2. The van der Waals surface area contributed by atoms with E-state index >= 15 is 0 Å². The molecule has 1 fully saturated rings. The summed E-state index contributed by atoms with van der Waals surface area (Å²) in [5.41, 5.74) is -3.51. The Bertz CT molecular complexity index is 851. The summed E-state index contributed by atoms with van der Waals surface area (Å²) in [6.45, 7) is 3.49. The maximum Gasteiger partial charge on any atom is 0.331 e. The van der Waals surface area contributed by atoms with Gasteiger partial charge in [0.15, 0.2) is 0 Å². The summed E-state index contributed by atoms with van der Waals surface area (Å²) < 4.78 is 34.8. The molecule has 9 nitrogen and oxygen atoms in total. The van der Waals surface area contributed by atoms with E-state index in [-0.39, 0.29) is 0 Å². The number of aromatic nitrogens is 2. The Hall–Kier alpha value is -1.96. The summed E-state index contributed by atoms with van der Waals surface area (Å²) in [6, 6.07) is 2.90. The lowest BCUT2D eigenvalue weighted by molar-refractivity contribution is -0.0930. The first-order valence-electron chi connectivity index (χ1n) is 6.94. The van der Waals surface area contributed by atoms with Crippen LogP contribution in [0.3, 0.4) is 0 Å². The first-order chi connectivity index (χ1) is 10.6. The lowest BCUT2D eigenvalue weighted by atomic mass is 9.94. The molecule has 2 heterocycles. The third-order valence-electron chi connectivity index (χ3n) is 3.80. The van der Waals surface area contributed by atoms with Gasteiger partial charge >= 0.3 is 5.69 Å². The van der Waals surface area contributed by atoms with Crippen molar-refractivity contribution in [1.82, 2.24) is 9.55 Å². The largest absolute Gasteiger partial charge is 0.337 e. The van der Waals surface area contributed by atoms with Gasteiger partial charge in [0.2, 0.25) is 0 Å². The van der Waals surface area contributed by atoms with Crippen LogP contribution in [0, 0.1) is 17.2 Å². The monoisotopic (exact) mass is 343 g/mol. The second-order valence-corrected chi connectivity index (χ2v) is 7.03. The zero-order valence-corrected chi connectivity index (χ0v) is 13.7. The third-order valence-corrected chi connectivity index (χ3v) is 4.36. The average molecular weight is 343 g/mol. The van der Waals surface area contributed by atoms with Crippen molar-refractivity contribution in [2.24, 2.45) is 5.92 Å². The fourth-order valence-corrected chi connectivity index (χ4v) is 3.45. The Labute approximate surface area is 132 Å². The fraction of sp³-hybridized carbons (Fsp3) is 0.615. The first kappa shape index (κ1) is 17.4. The average Bonchev–Trinajstić information content (AvgIpc) is 2.71. The standard InChI is InChI=1S/C13H17N3O6S/c1-4-9-8(2)11(22-23(3,19)20)13(7-14,21-9)16-6-5-10(17)15-12(16)18/h5-6,8-9,11H,4H2,1-3H3,(H,15,17,18)/t8-,9-,11-,13-/m1/s1. The molecular weight excluding hydrogens is 326 g/mol. The van der Waals surface area contributed by atoms with E-state index in [4.69, 9.17) is 8.92 Å². The molecule has 1 aromatic rings. The van der Waals surface area contributed by atoms with Crippen molar-refractivity contribution in [3.05, 3.63) is 33.1 Å². The number of H-pyrrole nitrogens is 1. The van der Waals surface area contributed by atoms with Gasteiger partial charge in [-0.15, -0.1) is 0 Å². The highest BCUT2D eigenvalue weighted by Crippen LogP contribution is 2.41. The molecule has 0 unspecified atom stereocenters. The van der Waals surface area contributed by atoms with Crippen LogP contribution in [0.15, 0.2) is 21.9 Å². The van der Waals surface area contributed by atoms with Crippen molar-refractivity contribution in [2.45, 2.75) is 38.2 Å². The topological polar surface area (TPSA) is 131 Å². The van der Waals surface area contributed by atoms with Crippen LogP contribution in [0.5, 0.6) is 0 Å². The van der Waals surface area contributed by atoms with Crippen LogP contribution in [0.4, 0.5) is 0 Å². The lowest BCUT2D eigenvalue weighted by Crippen LogP contribution is -2.51. The zero-order chi connectivity index (χ0) is 17.4. The van der Waals surface area contributed by atoms with Gasteiger partial charge < -0.3 is 4.74 Å². The minimum Gasteiger partial charge on any atom is -0.337 e. The van der Waals surface area contributed by atoms with Crippen LogP contribution >= 0.6 is 0 Å². The van der Waals surface area contributed by atoms with Gasteiger partial charge in [0.1, 0.15) is 12.2 Å². The van der Waals surface area contributed by atoms with Crippen LogP contribution in [0.1, 0.15) is 20.3 Å². The molecule has 0 spiro atoms. The Morgan fingerprint density at radius 1 is 1.52 bits per heavy atom. The van der Waals surface area contributed by atoms with Gasteiger partial charge in [-0.05, 0) is 6.42 Å². The second kappa shape index (κ2) is 5.92. The highest BCUT2D eigenvalue weighted by Gasteiger charge is 2.57. The van der Waals surface area contributed by atoms with Gasteiger partial charge in [-0.25, -0.2) is 4.79 Å². The molecule has 1 N–H and O–H groups in total. The summed E-state index contributed by atoms with van der Waals surface area (Å²) >= 11 is 0. The van der Waals surface area contributed by atoms with E-state index < -0.39 is 45.2 Å².